The Morgan fingerprint density at radius 2 is 1.21 bits per heavy atom. The van der Waals surface area contributed by atoms with Crippen LogP contribution in [0.3, 0.4) is 0 Å². The molecule has 0 saturated carbocycles. The summed E-state index contributed by atoms with van der Waals surface area (Å²) in [6, 6.07) is 4.30. The molecule has 0 aliphatic rings. The minimum Gasteiger partial charge on any atom is -0.289 e. The van der Waals surface area contributed by atoms with E-state index in [2.05, 4.69) is 32.9 Å². The van der Waals surface area contributed by atoms with Crippen LogP contribution in [0.4, 0.5) is 0 Å². The van der Waals surface area contributed by atoms with E-state index in [1.165, 1.54) is 18.4 Å². The van der Waals surface area contributed by atoms with E-state index in [1.54, 1.807) is 0 Å². The van der Waals surface area contributed by atoms with E-state index in [9.17, 15) is 5.11 Å². The fraction of sp³-hybridized carbons (Fsp3) is 0.667. The molecule has 107 valence electrons. The molecule has 0 aliphatic heterocycles. The molecular weight excluding hydrogens is 232 g/mol. The Morgan fingerprint density at radius 1 is 0.737 bits per heavy atom. The zero-order valence-corrected chi connectivity index (χ0v) is 12.9. The number of rotatable bonds is 9. The maximum Gasteiger partial charge on any atom is 0.185 e. The van der Waals surface area contributed by atoms with Crippen molar-refractivity contribution in [2.45, 2.75) is 78.6 Å². The van der Waals surface area contributed by atoms with Crippen molar-refractivity contribution < 1.29 is 5.11 Å². The van der Waals surface area contributed by atoms with Crippen LogP contribution in [-0.2, 0) is 24.4 Å². The highest BCUT2D eigenvalue weighted by atomic mass is 16.3. The van der Waals surface area contributed by atoms with Gasteiger partial charge in [0, 0.05) is 5.56 Å². The van der Waals surface area contributed by atoms with Gasteiger partial charge in [0.1, 0.15) is 0 Å². The van der Waals surface area contributed by atoms with Crippen molar-refractivity contribution in [2.24, 2.45) is 0 Å². The second-order valence-corrected chi connectivity index (χ2v) is 5.50. The molecule has 1 heteroatoms. The van der Waals surface area contributed by atoms with Gasteiger partial charge >= 0.3 is 0 Å². The van der Waals surface area contributed by atoms with Gasteiger partial charge in [0.2, 0.25) is 0 Å². The zero-order chi connectivity index (χ0) is 14.1. The molecule has 1 radical (unpaired) electrons. The summed E-state index contributed by atoms with van der Waals surface area (Å²) in [7, 11) is 0. The largest absolute Gasteiger partial charge is 0.289 e. The molecule has 1 aromatic carbocycles. The Balaban J connectivity index is 2.94. The molecule has 1 rings (SSSR count). The van der Waals surface area contributed by atoms with Gasteiger partial charge in [-0.3, -0.25) is 5.11 Å². The monoisotopic (exact) mass is 261 g/mol. The van der Waals surface area contributed by atoms with E-state index in [0.29, 0.717) is 5.75 Å². The second-order valence-electron chi connectivity index (χ2n) is 5.50. The van der Waals surface area contributed by atoms with E-state index >= 15 is 0 Å². The maximum absolute atomic E-state index is 12.6. The van der Waals surface area contributed by atoms with Crippen LogP contribution in [0.5, 0.6) is 5.75 Å². The van der Waals surface area contributed by atoms with Gasteiger partial charge in [-0.1, -0.05) is 52.2 Å². The van der Waals surface area contributed by atoms with Crippen molar-refractivity contribution in [3.63, 3.8) is 0 Å². The summed E-state index contributed by atoms with van der Waals surface area (Å²) >= 11 is 0. The number of hydrogen-bond acceptors (Lipinski definition) is 0. The molecule has 0 bridgehead atoms. The summed E-state index contributed by atoms with van der Waals surface area (Å²) in [5, 5.41) is 12.6. The lowest BCUT2D eigenvalue weighted by Gasteiger charge is -2.13. The molecule has 19 heavy (non-hydrogen) atoms. The van der Waals surface area contributed by atoms with Crippen molar-refractivity contribution in [1.29, 1.82) is 0 Å². The average Bonchev–Trinajstić information content (AvgIpc) is 2.43. The summed E-state index contributed by atoms with van der Waals surface area (Å²) in [4.78, 5) is 0. The highest BCUT2D eigenvalue weighted by molar-refractivity contribution is 5.45. The van der Waals surface area contributed by atoms with Gasteiger partial charge in [0.25, 0.3) is 0 Å². The number of hydrogen-bond donors (Lipinski definition) is 0. The molecule has 1 nitrogen and oxygen atoms in total. The van der Waals surface area contributed by atoms with Gasteiger partial charge < -0.3 is 0 Å². The Bertz CT molecular complexity index is 368. The minimum atomic E-state index is 0.343. The lowest BCUT2D eigenvalue weighted by molar-refractivity contribution is 0.343. The molecule has 0 N–H and O–H groups in total. The first kappa shape index (κ1) is 16.1. The van der Waals surface area contributed by atoms with E-state index in [4.69, 9.17) is 0 Å². The van der Waals surface area contributed by atoms with Crippen LogP contribution in [0.25, 0.3) is 0 Å². The standard InChI is InChI=1S/C18H29O/c1-4-7-10-15-13-14-16(11-8-5-2)18(19)17(15)12-9-6-3/h13-14H,4-12H2,1-3H3. The third-order valence-electron chi connectivity index (χ3n) is 3.82. The molecule has 0 fully saturated rings. The van der Waals surface area contributed by atoms with Crippen molar-refractivity contribution in [3.8, 4) is 5.75 Å². The normalized spacial score (nSPS) is 10.9. The van der Waals surface area contributed by atoms with Crippen molar-refractivity contribution >= 4 is 0 Å². The maximum atomic E-state index is 12.6. The number of unbranched alkanes of at least 4 members (excludes halogenated alkanes) is 3. The third kappa shape index (κ3) is 4.89. The third-order valence-corrected chi connectivity index (χ3v) is 3.82. The number of benzene rings is 1. The van der Waals surface area contributed by atoms with Crippen LogP contribution in [0.15, 0.2) is 12.1 Å². The van der Waals surface area contributed by atoms with Gasteiger partial charge in [-0.05, 0) is 49.7 Å². The highest BCUT2D eigenvalue weighted by Crippen LogP contribution is 2.30. The first-order valence-corrected chi connectivity index (χ1v) is 8.05. The fourth-order valence-electron chi connectivity index (χ4n) is 2.51. The average molecular weight is 261 g/mol. The summed E-state index contributed by atoms with van der Waals surface area (Å²) in [5.41, 5.74) is 3.46. The van der Waals surface area contributed by atoms with E-state index in [-0.39, 0.29) is 0 Å². The molecule has 0 saturated heterocycles. The van der Waals surface area contributed by atoms with Gasteiger partial charge in [0.15, 0.2) is 5.75 Å². The van der Waals surface area contributed by atoms with E-state index < -0.39 is 0 Å². The van der Waals surface area contributed by atoms with Crippen molar-refractivity contribution in [2.75, 3.05) is 0 Å². The molecule has 0 aromatic heterocycles. The zero-order valence-electron chi connectivity index (χ0n) is 12.9. The predicted octanol–water partition coefficient (Wildman–Crippen LogP) is 5.86. The highest BCUT2D eigenvalue weighted by Gasteiger charge is 2.13. The summed E-state index contributed by atoms with van der Waals surface area (Å²) < 4.78 is 0. The van der Waals surface area contributed by atoms with Crippen LogP contribution >= 0.6 is 0 Å². The van der Waals surface area contributed by atoms with Gasteiger partial charge in [-0.15, -0.1) is 0 Å². The van der Waals surface area contributed by atoms with Crippen LogP contribution in [0.1, 0.15) is 76.0 Å². The first-order valence-electron chi connectivity index (χ1n) is 8.05. The number of aryl methyl sites for hydroxylation is 2. The van der Waals surface area contributed by atoms with Crippen LogP contribution in [0, 0.1) is 0 Å². The Morgan fingerprint density at radius 3 is 1.79 bits per heavy atom. The minimum absolute atomic E-state index is 0.343. The van der Waals surface area contributed by atoms with Gasteiger partial charge in [-0.25, -0.2) is 0 Å². The summed E-state index contributed by atoms with van der Waals surface area (Å²) in [6.07, 6.45) is 9.93. The fourth-order valence-corrected chi connectivity index (χ4v) is 2.51. The SMILES string of the molecule is CCCCc1ccc(CCCC)c(CCCC)c1[O]. The summed E-state index contributed by atoms with van der Waals surface area (Å²) in [5.74, 6) is 0.343. The van der Waals surface area contributed by atoms with Crippen LogP contribution in [0.2, 0.25) is 0 Å². The smallest absolute Gasteiger partial charge is 0.185 e. The molecule has 0 unspecified atom stereocenters. The molecular formula is C18H29O. The molecule has 0 amide bonds. The molecule has 0 heterocycles. The Kier molecular flexibility index (Phi) is 7.62. The van der Waals surface area contributed by atoms with E-state index in [1.807, 2.05) is 0 Å². The lowest BCUT2D eigenvalue weighted by atomic mass is 9.93. The quantitative estimate of drug-likeness (QED) is 0.530. The molecule has 0 atom stereocenters. The van der Waals surface area contributed by atoms with Gasteiger partial charge in [-0.2, -0.15) is 0 Å². The molecule has 0 spiro atoms. The molecule has 1 aromatic rings. The topological polar surface area (TPSA) is 19.9 Å². The lowest BCUT2D eigenvalue weighted by Crippen LogP contribution is -1.98. The van der Waals surface area contributed by atoms with Crippen molar-refractivity contribution in [3.05, 3.63) is 28.8 Å². The predicted molar refractivity (Wildman–Crippen MR) is 82.4 cm³/mol. The van der Waals surface area contributed by atoms with Crippen LogP contribution < -0.4 is 0 Å². The van der Waals surface area contributed by atoms with Gasteiger partial charge in [0.05, 0.1) is 0 Å². The Hall–Kier alpha value is -0.980. The summed E-state index contributed by atoms with van der Waals surface area (Å²) in [6.45, 7) is 6.58. The Labute approximate surface area is 119 Å². The first-order chi connectivity index (χ1) is 9.24. The van der Waals surface area contributed by atoms with Crippen molar-refractivity contribution in [1.82, 2.24) is 0 Å². The molecule has 0 aliphatic carbocycles. The van der Waals surface area contributed by atoms with Crippen LogP contribution in [-0.4, -0.2) is 0 Å². The second kappa shape index (κ2) is 9.01. The van der Waals surface area contributed by atoms with E-state index in [0.717, 1.165) is 56.1 Å².